The second-order valence-corrected chi connectivity index (χ2v) is 16.1. The van der Waals surface area contributed by atoms with Crippen LogP contribution in [0.4, 0.5) is 0 Å². The Kier molecular flexibility index (Phi) is 9.33. The third-order valence-corrected chi connectivity index (χ3v) is 11.4. The maximum atomic E-state index is 12.7. The molecule has 0 aromatic carbocycles. The minimum Gasteiger partial charge on any atom is -0.438 e. The van der Waals surface area contributed by atoms with E-state index in [9.17, 15) is 32.9 Å². The fourth-order valence-corrected chi connectivity index (χ4v) is 8.86. The molecule has 1 saturated carbocycles. The van der Waals surface area contributed by atoms with Crippen LogP contribution < -0.4 is 0 Å². The van der Waals surface area contributed by atoms with Crippen LogP contribution in [0.1, 0.15) is 58.4 Å². The number of halogens is 1. The lowest BCUT2D eigenvalue weighted by molar-refractivity contribution is -0.159. The van der Waals surface area contributed by atoms with E-state index in [1.165, 1.54) is 17.4 Å². The minimum atomic E-state index is -4.74. The fourth-order valence-electron chi connectivity index (χ4n) is 4.98. The summed E-state index contributed by atoms with van der Waals surface area (Å²) < 4.78 is 54.4. The SMILES string of the molecule is CC(C)(C)C(=O)OCOP(=O)(O)CS(=O)(=O)C[C@H]1O[C@@H](n2ccc3c(CC4CCCC4)nc(Cl)nc32)[C@H](O)[C@@H]1O. The number of aliphatic hydroxyl groups excluding tert-OH is 2. The average molecular weight is 624 g/mol. The number of hydrogen-bond acceptors (Lipinski definition) is 11. The summed E-state index contributed by atoms with van der Waals surface area (Å²) in [4.78, 5) is 30.5. The van der Waals surface area contributed by atoms with Crippen LogP contribution in [0.25, 0.3) is 11.0 Å². The molecule has 40 heavy (non-hydrogen) atoms. The van der Waals surface area contributed by atoms with Crippen molar-refractivity contribution in [2.45, 2.75) is 77.4 Å². The zero-order valence-corrected chi connectivity index (χ0v) is 24.9. The Bertz CT molecular complexity index is 1390. The average Bonchev–Trinajstić information content (AvgIpc) is 3.54. The van der Waals surface area contributed by atoms with E-state index in [1.807, 2.05) is 0 Å². The summed E-state index contributed by atoms with van der Waals surface area (Å²) in [5.41, 5.74) is -1.06. The highest BCUT2D eigenvalue weighted by Crippen LogP contribution is 2.44. The predicted octanol–water partition coefficient (Wildman–Crippen LogP) is 2.56. The molecular formula is C24H35ClN3O10PS. The van der Waals surface area contributed by atoms with Crippen LogP contribution >= 0.6 is 19.2 Å². The number of nitrogens with zero attached hydrogens (tertiary/aromatic N) is 3. The summed E-state index contributed by atoms with van der Waals surface area (Å²) >= 11 is 6.21. The molecule has 2 aliphatic rings. The molecule has 3 heterocycles. The molecule has 0 amide bonds. The molecule has 224 valence electrons. The van der Waals surface area contributed by atoms with Gasteiger partial charge in [0.2, 0.25) is 12.1 Å². The highest BCUT2D eigenvalue weighted by atomic mass is 35.5. The Labute approximate surface area is 237 Å². The molecule has 2 fully saturated rings. The lowest BCUT2D eigenvalue weighted by atomic mass is 9.98. The van der Waals surface area contributed by atoms with Crippen molar-refractivity contribution in [1.82, 2.24) is 14.5 Å². The normalized spacial score (nSPS) is 25.9. The van der Waals surface area contributed by atoms with Crippen LogP contribution in [0.15, 0.2) is 12.3 Å². The lowest BCUT2D eigenvalue weighted by Crippen LogP contribution is -2.36. The van der Waals surface area contributed by atoms with Crippen LogP contribution in [0.5, 0.6) is 0 Å². The molecule has 3 N–H and O–H groups in total. The van der Waals surface area contributed by atoms with E-state index in [4.69, 9.17) is 21.1 Å². The Balaban J connectivity index is 1.44. The quantitative estimate of drug-likeness (QED) is 0.152. The fraction of sp³-hybridized carbons (Fsp3) is 0.708. The molecule has 0 bridgehead atoms. The lowest BCUT2D eigenvalue weighted by Gasteiger charge is -2.19. The Morgan fingerprint density at radius 3 is 2.55 bits per heavy atom. The number of esters is 1. The van der Waals surface area contributed by atoms with E-state index in [0.717, 1.165) is 25.0 Å². The summed E-state index contributed by atoms with van der Waals surface area (Å²) in [5.74, 6) is -1.09. The molecule has 2 aromatic heterocycles. The molecule has 16 heteroatoms. The smallest absolute Gasteiger partial charge is 0.346 e. The number of ether oxygens (including phenoxy) is 2. The van der Waals surface area contributed by atoms with Gasteiger partial charge in [-0.15, -0.1) is 0 Å². The van der Waals surface area contributed by atoms with Crippen molar-refractivity contribution in [3.8, 4) is 0 Å². The number of carbonyl (C=O) groups is 1. The Morgan fingerprint density at radius 2 is 1.90 bits per heavy atom. The first kappa shape index (κ1) is 31.3. The molecular weight excluding hydrogens is 589 g/mol. The first-order chi connectivity index (χ1) is 18.6. The minimum absolute atomic E-state index is 0.0134. The van der Waals surface area contributed by atoms with Crippen LogP contribution in [-0.2, 0) is 39.6 Å². The number of sulfone groups is 1. The van der Waals surface area contributed by atoms with E-state index in [0.29, 0.717) is 17.0 Å². The standard InChI is InChI=1S/C24H35ClN3O10PS/c1-24(2,3)22(31)36-12-37-39(32,33)13-40(34,35)11-17-18(29)19(30)21(38-17)28-9-8-15-16(10-14-6-4-5-7-14)26-23(25)27-20(15)28/h8-9,14,17-19,21,29-30H,4-7,10-13H2,1-3H3,(H,32,33)/t17-,18-,19-,21-/m1/s1. The van der Waals surface area contributed by atoms with E-state index in [2.05, 4.69) is 14.5 Å². The molecule has 1 unspecified atom stereocenters. The largest absolute Gasteiger partial charge is 0.438 e. The topological polar surface area (TPSA) is 187 Å². The van der Waals surface area contributed by atoms with Crippen LogP contribution in [0.3, 0.4) is 0 Å². The van der Waals surface area contributed by atoms with Crippen molar-refractivity contribution in [3.63, 3.8) is 0 Å². The van der Waals surface area contributed by atoms with Gasteiger partial charge in [-0.1, -0.05) is 25.7 Å². The number of fused-ring (bicyclic) bond motifs is 1. The van der Waals surface area contributed by atoms with Gasteiger partial charge in [-0.05, 0) is 50.8 Å². The van der Waals surface area contributed by atoms with Gasteiger partial charge in [-0.2, -0.15) is 4.98 Å². The van der Waals surface area contributed by atoms with E-state index in [1.54, 1.807) is 33.0 Å². The van der Waals surface area contributed by atoms with Crippen molar-refractivity contribution in [3.05, 3.63) is 23.2 Å². The highest BCUT2D eigenvalue weighted by molar-refractivity contribution is 7.97. The maximum Gasteiger partial charge on any atom is 0.346 e. The first-order valence-corrected chi connectivity index (χ1v) is 16.9. The van der Waals surface area contributed by atoms with Gasteiger partial charge in [-0.25, -0.2) is 13.4 Å². The second kappa shape index (κ2) is 11.9. The van der Waals surface area contributed by atoms with Gasteiger partial charge in [0.15, 0.2) is 21.6 Å². The molecule has 1 saturated heterocycles. The third kappa shape index (κ3) is 7.40. The van der Waals surface area contributed by atoms with Crippen LogP contribution in [0.2, 0.25) is 5.28 Å². The highest BCUT2D eigenvalue weighted by Gasteiger charge is 2.47. The van der Waals surface area contributed by atoms with Crippen molar-refractivity contribution >= 4 is 46.0 Å². The van der Waals surface area contributed by atoms with Crippen molar-refractivity contribution in [2.75, 3.05) is 18.0 Å². The van der Waals surface area contributed by atoms with Crippen molar-refractivity contribution < 1.29 is 46.9 Å². The first-order valence-electron chi connectivity index (χ1n) is 12.9. The number of rotatable bonds is 10. The van der Waals surface area contributed by atoms with Gasteiger partial charge in [0.25, 0.3) is 0 Å². The summed E-state index contributed by atoms with van der Waals surface area (Å²) in [6.45, 7) is 3.80. The number of aliphatic hydroxyl groups is 2. The summed E-state index contributed by atoms with van der Waals surface area (Å²) in [6.07, 6.45) is 1.08. The monoisotopic (exact) mass is 623 g/mol. The van der Waals surface area contributed by atoms with Gasteiger partial charge >= 0.3 is 13.6 Å². The third-order valence-electron chi connectivity index (χ3n) is 7.03. The van der Waals surface area contributed by atoms with E-state index < -0.39 is 71.4 Å². The van der Waals surface area contributed by atoms with E-state index in [-0.39, 0.29) is 5.28 Å². The zero-order chi connectivity index (χ0) is 29.5. The van der Waals surface area contributed by atoms with Gasteiger partial charge in [0, 0.05) is 11.6 Å². The van der Waals surface area contributed by atoms with Gasteiger partial charge < -0.3 is 29.1 Å². The van der Waals surface area contributed by atoms with Crippen molar-refractivity contribution in [2.24, 2.45) is 11.3 Å². The number of carbonyl (C=O) groups excluding carboxylic acids is 1. The van der Waals surface area contributed by atoms with E-state index >= 15 is 0 Å². The summed E-state index contributed by atoms with van der Waals surface area (Å²) in [6, 6.07) is 1.76. The Hall–Kier alpha value is -1.64. The predicted molar refractivity (Wildman–Crippen MR) is 144 cm³/mol. The van der Waals surface area contributed by atoms with Crippen molar-refractivity contribution in [1.29, 1.82) is 0 Å². The van der Waals surface area contributed by atoms with Crippen LogP contribution in [-0.4, -0.2) is 80.4 Å². The molecule has 13 nitrogen and oxygen atoms in total. The molecule has 0 spiro atoms. The zero-order valence-electron chi connectivity index (χ0n) is 22.5. The van der Waals surface area contributed by atoms with Crippen LogP contribution in [0, 0.1) is 11.3 Å². The molecule has 1 aliphatic heterocycles. The summed E-state index contributed by atoms with van der Waals surface area (Å²) in [7, 11) is -9.09. The summed E-state index contributed by atoms with van der Waals surface area (Å²) in [5, 5.41) is 22.1. The molecule has 5 atom stereocenters. The van der Waals surface area contributed by atoms with Gasteiger partial charge in [0.05, 0.1) is 16.9 Å². The van der Waals surface area contributed by atoms with Gasteiger partial charge in [-0.3, -0.25) is 13.9 Å². The number of aromatic nitrogens is 3. The Morgan fingerprint density at radius 1 is 1.23 bits per heavy atom. The second-order valence-electron chi connectivity index (χ2n) is 11.4. The van der Waals surface area contributed by atoms with Gasteiger partial charge in [0.1, 0.15) is 24.0 Å². The molecule has 2 aromatic rings. The number of hydrogen-bond donors (Lipinski definition) is 3. The molecule has 1 aliphatic carbocycles. The molecule has 4 rings (SSSR count). The maximum absolute atomic E-state index is 12.7. The molecule has 0 radical (unpaired) electrons.